The van der Waals surface area contributed by atoms with E-state index in [0.29, 0.717) is 11.4 Å². The predicted octanol–water partition coefficient (Wildman–Crippen LogP) is 5.27. The van der Waals surface area contributed by atoms with Crippen LogP contribution in [0.2, 0.25) is 0 Å². The van der Waals surface area contributed by atoms with E-state index in [1.54, 1.807) is 54.6 Å². The Kier molecular flexibility index (Phi) is 5.96. The van der Waals surface area contributed by atoms with Crippen LogP contribution in [0.3, 0.4) is 0 Å². The van der Waals surface area contributed by atoms with E-state index >= 15 is 0 Å². The van der Waals surface area contributed by atoms with Gasteiger partial charge in [-0.1, -0.05) is 72.3 Å². The SMILES string of the molecule is Cc1ccc(/C=C/C(=O)c2c(O)n(-c3ccccc3)c(=S)n(-c3ccccc3)c2=O)cc1. The number of aromatic hydroxyl groups is 1. The number of hydrogen-bond donors (Lipinski definition) is 1. The Morgan fingerprint density at radius 1 is 0.844 bits per heavy atom. The smallest absolute Gasteiger partial charge is 0.274 e. The fourth-order valence-corrected chi connectivity index (χ4v) is 3.74. The Labute approximate surface area is 190 Å². The van der Waals surface area contributed by atoms with Crippen LogP contribution in [0, 0.1) is 11.7 Å². The molecule has 0 radical (unpaired) electrons. The third-order valence-corrected chi connectivity index (χ3v) is 5.38. The molecular formula is C26H20N2O3S. The molecule has 0 aliphatic heterocycles. The van der Waals surface area contributed by atoms with Crippen LogP contribution in [0.1, 0.15) is 21.5 Å². The highest BCUT2D eigenvalue weighted by molar-refractivity contribution is 7.71. The molecule has 0 atom stereocenters. The number of carbonyl (C=O) groups is 1. The Balaban J connectivity index is 1.94. The van der Waals surface area contributed by atoms with Gasteiger partial charge < -0.3 is 5.11 Å². The lowest BCUT2D eigenvalue weighted by Gasteiger charge is -2.16. The number of carbonyl (C=O) groups excluding carboxylic acids is 1. The van der Waals surface area contributed by atoms with E-state index in [1.165, 1.54) is 15.2 Å². The second-order valence-electron chi connectivity index (χ2n) is 7.24. The van der Waals surface area contributed by atoms with Crippen molar-refractivity contribution in [1.82, 2.24) is 9.13 Å². The van der Waals surface area contributed by atoms with Gasteiger partial charge in [-0.05, 0) is 55.0 Å². The van der Waals surface area contributed by atoms with Crippen molar-refractivity contribution < 1.29 is 9.90 Å². The Hall–Kier alpha value is -4.03. The number of hydrogen-bond acceptors (Lipinski definition) is 4. The summed E-state index contributed by atoms with van der Waals surface area (Å²) in [7, 11) is 0. The number of allylic oxidation sites excluding steroid dienone is 1. The van der Waals surface area contributed by atoms with Crippen molar-refractivity contribution in [3.63, 3.8) is 0 Å². The standard InChI is InChI=1S/C26H20N2O3S/c1-18-12-14-19(15-13-18)16-17-22(29)23-24(30)27(20-8-4-2-5-9-20)26(32)28(25(23)31)21-10-6-3-7-11-21/h2-17,30H,1H3/b17-16+. The van der Waals surface area contributed by atoms with E-state index in [4.69, 9.17) is 12.2 Å². The van der Waals surface area contributed by atoms with Gasteiger partial charge in [-0.2, -0.15) is 0 Å². The first-order chi connectivity index (χ1) is 15.5. The van der Waals surface area contributed by atoms with Gasteiger partial charge in [0.2, 0.25) is 5.88 Å². The number of ketones is 1. The number of benzene rings is 3. The summed E-state index contributed by atoms with van der Waals surface area (Å²) >= 11 is 5.57. The van der Waals surface area contributed by atoms with E-state index < -0.39 is 17.2 Å². The van der Waals surface area contributed by atoms with E-state index in [9.17, 15) is 14.7 Å². The van der Waals surface area contributed by atoms with Crippen LogP contribution >= 0.6 is 12.2 Å². The summed E-state index contributed by atoms with van der Waals surface area (Å²) in [5.41, 5.74) is 1.92. The van der Waals surface area contributed by atoms with Gasteiger partial charge in [0.05, 0.1) is 11.4 Å². The zero-order chi connectivity index (χ0) is 22.7. The second kappa shape index (κ2) is 8.99. The maximum atomic E-state index is 13.4. The predicted molar refractivity (Wildman–Crippen MR) is 128 cm³/mol. The molecule has 0 saturated carbocycles. The molecule has 5 nitrogen and oxygen atoms in total. The van der Waals surface area contributed by atoms with Crippen molar-refractivity contribution in [3.8, 4) is 17.3 Å². The van der Waals surface area contributed by atoms with Crippen LogP contribution in [-0.4, -0.2) is 20.0 Å². The normalized spacial score (nSPS) is 11.0. The van der Waals surface area contributed by atoms with E-state index in [1.807, 2.05) is 43.3 Å². The third kappa shape index (κ3) is 4.08. The summed E-state index contributed by atoms with van der Waals surface area (Å²) in [4.78, 5) is 26.5. The minimum Gasteiger partial charge on any atom is -0.493 e. The van der Waals surface area contributed by atoms with Crippen LogP contribution in [-0.2, 0) is 0 Å². The van der Waals surface area contributed by atoms with Gasteiger partial charge in [0.1, 0.15) is 5.56 Å². The van der Waals surface area contributed by atoms with Gasteiger partial charge in [0, 0.05) is 0 Å². The first-order valence-electron chi connectivity index (χ1n) is 9.98. The molecule has 0 amide bonds. The fraction of sp³-hybridized carbons (Fsp3) is 0.0385. The molecule has 0 unspecified atom stereocenters. The molecular weight excluding hydrogens is 420 g/mol. The van der Waals surface area contributed by atoms with Crippen LogP contribution in [0.4, 0.5) is 0 Å². The molecule has 0 aliphatic carbocycles. The largest absolute Gasteiger partial charge is 0.493 e. The van der Waals surface area contributed by atoms with Crippen molar-refractivity contribution in [2.24, 2.45) is 0 Å². The van der Waals surface area contributed by atoms with Crippen molar-refractivity contribution in [1.29, 1.82) is 0 Å². The Morgan fingerprint density at radius 2 is 1.38 bits per heavy atom. The summed E-state index contributed by atoms with van der Waals surface area (Å²) in [6, 6.07) is 25.3. The van der Waals surface area contributed by atoms with Crippen molar-refractivity contribution in [3.05, 3.63) is 123 Å². The van der Waals surface area contributed by atoms with E-state index in [2.05, 4.69) is 0 Å². The Bertz CT molecular complexity index is 1420. The summed E-state index contributed by atoms with van der Waals surface area (Å²) < 4.78 is 2.65. The van der Waals surface area contributed by atoms with Crippen molar-refractivity contribution >= 4 is 24.1 Å². The molecule has 6 heteroatoms. The van der Waals surface area contributed by atoms with Crippen LogP contribution < -0.4 is 5.56 Å². The maximum absolute atomic E-state index is 13.4. The molecule has 0 aliphatic rings. The lowest BCUT2D eigenvalue weighted by Crippen LogP contribution is -2.29. The van der Waals surface area contributed by atoms with Gasteiger partial charge in [-0.25, -0.2) is 0 Å². The quantitative estimate of drug-likeness (QED) is 0.261. The van der Waals surface area contributed by atoms with E-state index in [-0.39, 0.29) is 10.3 Å². The van der Waals surface area contributed by atoms with Crippen LogP contribution in [0.15, 0.2) is 95.8 Å². The highest BCUT2D eigenvalue weighted by Gasteiger charge is 2.23. The monoisotopic (exact) mass is 440 g/mol. The average molecular weight is 441 g/mol. The second-order valence-corrected chi connectivity index (χ2v) is 7.60. The zero-order valence-electron chi connectivity index (χ0n) is 17.3. The van der Waals surface area contributed by atoms with Crippen LogP contribution in [0.25, 0.3) is 17.5 Å². The van der Waals surface area contributed by atoms with Gasteiger partial charge in [0.15, 0.2) is 10.6 Å². The number of aromatic nitrogens is 2. The molecule has 3 aromatic carbocycles. The summed E-state index contributed by atoms with van der Waals surface area (Å²) in [6.07, 6.45) is 2.90. The molecule has 1 aromatic heterocycles. The highest BCUT2D eigenvalue weighted by Crippen LogP contribution is 2.23. The molecule has 4 rings (SSSR count). The third-order valence-electron chi connectivity index (χ3n) is 5.01. The van der Waals surface area contributed by atoms with Crippen molar-refractivity contribution in [2.45, 2.75) is 6.92 Å². The minimum absolute atomic E-state index is 0.0592. The lowest BCUT2D eigenvalue weighted by atomic mass is 10.1. The first kappa shape index (κ1) is 21.2. The molecule has 1 heterocycles. The molecule has 0 bridgehead atoms. The first-order valence-corrected chi connectivity index (χ1v) is 10.4. The number of rotatable bonds is 5. The van der Waals surface area contributed by atoms with Crippen LogP contribution in [0.5, 0.6) is 5.88 Å². The topological polar surface area (TPSA) is 64.2 Å². The maximum Gasteiger partial charge on any atom is 0.274 e. The number of aryl methyl sites for hydroxylation is 1. The molecule has 0 saturated heterocycles. The molecule has 158 valence electrons. The summed E-state index contributed by atoms with van der Waals surface area (Å²) in [6.45, 7) is 1.97. The fourth-order valence-electron chi connectivity index (χ4n) is 3.36. The highest BCUT2D eigenvalue weighted by atomic mass is 32.1. The molecule has 0 fully saturated rings. The molecule has 1 N–H and O–H groups in total. The minimum atomic E-state index is -0.676. The van der Waals surface area contributed by atoms with Gasteiger partial charge >= 0.3 is 0 Å². The average Bonchev–Trinajstić information content (AvgIpc) is 2.80. The molecule has 4 aromatic rings. The van der Waals surface area contributed by atoms with Gasteiger partial charge in [-0.3, -0.25) is 18.7 Å². The van der Waals surface area contributed by atoms with Gasteiger partial charge in [-0.15, -0.1) is 0 Å². The number of para-hydroxylation sites is 2. The van der Waals surface area contributed by atoms with E-state index in [0.717, 1.165) is 11.1 Å². The zero-order valence-corrected chi connectivity index (χ0v) is 18.1. The molecule has 32 heavy (non-hydrogen) atoms. The summed E-state index contributed by atoms with van der Waals surface area (Å²) in [5.74, 6) is -1.10. The number of nitrogens with zero attached hydrogens (tertiary/aromatic N) is 2. The summed E-state index contributed by atoms with van der Waals surface area (Å²) in [5, 5.41) is 11.0. The lowest BCUT2D eigenvalue weighted by molar-refractivity contribution is 0.104. The van der Waals surface area contributed by atoms with Gasteiger partial charge in [0.25, 0.3) is 5.56 Å². The van der Waals surface area contributed by atoms with Crippen molar-refractivity contribution in [2.75, 3.05) is 0 Å². The molecule has 0 spiro atoms. The Morgan fingerprint density at radius 3 is 1.94 bits per heavy atom.